The fraction of sp³-hybridized carbons (Fsp3) is 0.625. The van der Waals surface area contributed by atoms with Gasteiger partial charge in [-0.05, 0) is 10.5 Å². The summed E-state index contributed by atoms with van der Waals surface area (Å²) in [6, 6.07) is 0. The lowest BCUT2D eigenvalue weighted by Gasteiger charge is -2.24. The zero-order chi connectivity index (χ0) is 10.5. The van der Waals surface area contributed by atoms with E-state index in [0.29, 0.717) is 0 Å². The molecule has 0 bridgehead atoms. The maximum atomic E-state index is 9.87. The van der Waals surface area contributed by atoms with Crippen LogP contribution in [0, 0.1) is 5.41 Å². The Hall–Kier alpha value is -1.07. The topological polar surface area (TPSA) is 65.0 Å². The molecule has 0 aromatic rings. The molecule has 0 fully saturated rings. The minimum absolute atomic E-state index is 0.233. The fourth-order valence-electron chi connectivity index (χ4n) is 0.628. The van der Waals surface area contributed by atoms with Crippen molar-refractivity contribution in [1.29, 1.82) is 0 Å². The molecular weight excluding hydrogens is 176 g/mol. The molecule has 5 heteroatoms. The lowest BCUT2D eigenvalue weighted by atomic mass is 9.89. The smallest absolute Gasteiger partial charge is 0.448 e. The predicted octanol–water partition coefficient (Wildman–Crippen LogP) is 2.14. The van der Waals surface area contributed by atoms with Gasteiger partial charge in [-0.2, -0.15) is 4.89 Å². The normalized spacial score (nSPS) is 13.5. The number of carbonyl (C=O) groups is 1. The molecular formula is C8H14O5. The molecule has 1 N–H and O–H groups in total. The third-order valence-electron chi connectivity index (χ3n) is 1.32. The Morgan fingerprint density at radius 3 is 2.38 bits per heavy atom. The Morgan fingerprint density at radius 1 is 1.54 bits per heavy atom. The summed E-state index contributed by atoms with van der Waals surface area (Å²) in [5.74, 6) is 0. The molecule has 0 aromatic heterocycles. The maximum Gasteiger partial charge on any atom is 0.540 e. The molecule has 0 heterocycles. The van der Waals surface area contributed by atoms with Crippen LogP contribution in [0.5, 0.6) is 0 Å². The third kappa shape index (κ3) is 5.21. The van der Waals surface area contributed by atoms with Gasteiger partial charge in [0.1, 0.15) is 6.10 Å². The third-order valence-corrected chi connectivity index (χ3v) is 1.32. The van der Waals surface area contributed by atoms with Crippen LogP contribution < -0.4 is 0 Å². The van der Waals surface area contributed by atoms with Crippen LogP contribution in [0.4, 0.5) is 4.79 Å². The van der Waals surface area contributed by atoms with Gasteiger partial charge in [0.25, 0.3) is 0 Å². The van der Waals surface area contributed by atoms with E-state index < -0.39 is 12.3 Å². The molecule has 0 aromatic carbocycles. The molecule has 0 radical (unpaired) electrons. The van der Waals surface area contributed by atoms with Gasteiger partial charge in [-0.1, -0.05) is 26.8 Å². The SMILES string of the molecule is C=CC(OOOC(=O)O)C(C)(C)C. The number of carboxylic acid groups (broad SMARTS) is 1. The Bertz CT molecular complexity index is 181. The van der Waals surface area contributed by atoms with E-state index in [1.165, 1.54) is 6.08 Å². The van der Waals surface area contributed by atoms with Crippen LogP contribution in [-0.4, -0.2) is 17.4 Å². The summed E-state index contributed by atoms with van der Waals surface area (Å²) in [5, 5.41) is 12.1. The lowest BCUT2D eigenvalue weighted by molar-refractivity contribution is -0.502. The van der Waals surface area contributed by atoms with Crippen molar-refractivity contribution in [3.05, 3.63) is 12.7 Å². The van der Waals surface area contributed by atoms with Crippen molar-refractivity contribution < 1.29 is 24.7 Å². The van der Waals surface area contributed by atoms with Gasteiger partial charge in [-0.15, -0.1) is 6.58 Å². The number of hydrogen-bond acceptors (Lipinski definition) is 4. The van der Waals surface area contributed by atoms with Crippen molar-refractivity contribution >= 4 is 6.16 Å². The van der Waals surface area contributed by atoms with Crippen molar-refractivity contribution in [3.8, 4) is 0 Å². The number of rotatable bonds is 4. The molecule has 0 aliphatic carbocycles. The highest BCUT2D eigenvalue weighted by molar-refractivity contribution is 5.55. The van der Waals surface area contributed by atoms with Crippen LogP contribution in [0.15, 0.2) is 12.7 Å². The quantitative estimate of drug-likeness (QED) is 0.418. The van der Waals surface area contributed by atoms with Gasteiger partial charge in [-0.25, -0.2) is 9.68 Å². The molecule has 0 saturated carbocycles. The van der Waals surface area contributed by atoms with Gasteiger partial charge in [-0.3, -0.25) is 0 Å². The molecule has 0 aliphatic heterocycles. The largest absolute Gasteiger partial charge is 0.540 e. The summed E-state index contributed by atoms with van der Waals surface area (Å²) in [5.41, 5.74) is -0.233. The summed E-state index contributed by atoms with van der Waals surface area (Å²) in [6.07, 6.45) is -0.492. The van der Waals surface area contributed by atoms with E-state index in [1.807, 2.05) is 20.8 Å². The monoisotopic (exact) mass is 190 g/mol. The van der Waals surface area contributed by atoms with Crippen LogP contribution >= 0.6 is 0 Å². The van der Waals surface area contributed by atoms with E-state index in [1.54, 1.807) is 0 Å². The second-order valence-corrected chi connectivity index (χ2v) is 3.54. The highest BCUT2D eigenvalue weighted by Crippen LogP contribution is 2.23. The van der Waals surface area contributed by atoms with Crippen LogP contribution in [-0.2, 0) is 14.8 Å². The van der Waals surface area contributed by atoms with E-state index in [9.17, 15) is 4.79 Å². The first-order valence-electron chi connectivity index (χ1n) is 3.73. The Kier molecular flexibility index (Phi) is 4.44. The fourth-order valence-corrected chi connectivity index (χ4v) is 0.628. The minimum atomic E-state index is -1.56. The van der Waals surface area contributed by atoms with Crippen molar-refractivity contribution in [2.24, 2.45) is 5.41 Å². The molecule has 5 nitrogen and oxygen atoms in total. The van der Waals surface area contributed by atoms with Crippen molar-refractivity contribution in [2.45, 2.75) is 26.9 Å². The summed E-state index contributed by atoms with van der Waals surface area (Å²) in [4.78, 5) is 18.2. The van der Waals surface area contributed by atoms with Gasteiger partial charge in [0.15, 0.2) is 0 Å². The van der Waals surface area contributed by atoms with Crippen molar-refractivity contribution in [1.82, 2.24) is 0 Å². The summed E-state index contributed by atoms with van der Waals surface area (Å²) in [6.45, 7) is 9.19. The molecule has 1 atom stereocenters. The van der Waals surface area contributed by atoms with Crippen molar-refractivity contribution in [2.75, 3.05) is 0 Å². The number of hydrogen-bond donors (Lipinski definition) is 1. The summed E-state index contributed by atoms with van der Waals surface area (Å²) in [7, 11) is 0. The highest BCUT2D eigenvalue weighted by Gasteiger charge is 2.24. The zero-order valence-corrected chi connectivity index (χ0v) is 7.94. The summed E-state index contributed by atoms with van der Waals surface area (Å²) >= 11 is 0. The van der Waals surface area contributed by atoms with E-state index in [-0.39, 0.29) is 5.41 Å². The van der Waals surface area contributed by atoms with E-state index >= 15 is 0 Å². The molecule has 13 heavy (non-hydrogen) atoms. The first kappa shape index (κ1) is 11.9. The Balaban J connectivity index is 3.87. The first-order valence-corrected chi connectivity index (χ1v) is 3.73. The van der Waals surface area contributed by atoms with Gasteiger partial charge >= 0.3 is 6.16 Å². The van der Waals surface area contributed by atoms with Crippen LogP contribution in [0.3, 0.4) is 0 Å². The first-order chi connectivity index (χ1) is 5.88. The maximum absolute atomic E-state index is 9.87. The molecule has 0 saturated heterocycles. The molecule has 76 valence electrons. The molecule has 1 unspecified atom stereocenters. The second kappa shape index (κ2) is 4.84. The van der Waals surface area contributed by atoms with Gasteiger partial charge in [0.2, 0.25) is 0 Å². The minimum Gasteiger partial charge on any atom is -0.448 e. The summed E-state index contributed by atoms with van der Waals surface area (Å²) < 4.78 is 0. The van der Waals surface area contributed by atoms with E-state index in [2.05, 4.69) is 21.4 Å². The van der Waals surface area contributed by atoms with Crippen molar-refractivity contribution in [3.63, 3.8) is 0 Å². The van der Waals surface area contributed by atoms with E-state index in [4.69, 9.17) is 5.11 Å². The van der Waals surface area contributed by atoms with Gasteiger partial charge in [0, 0.05) is 0 Å². The molecule has 0 spiro atoms. The average molecular weight is 190 g/mol. The van der Waals surface area contributed by atoms with Gasteiger partial charge in [0.05, 0.1) is 0 Å². The van der Waals surface area contributed by atoms with Gasteiger partial charge < -0.3 is 5.11 Å². The highest BCUT2D eigenvalue weighted by atomic mass is 17.5. The molecule has 0 rings (SSSR count). The predicted molar refractivity (Wildman–Crippen MR) is 44.7 cm³/mol. The molecule has 0 aliphatic rings. The molecule has 0 amide bonds. The van der Waals surface area contributed by atoms with Crippen LogP contribution in [0.2, 0.25) is 0 Å². The van der Waals surface area contributed by atoms with E-state index in [0.717, 1.165) is 0 Å². The average Bonchev–Trinajstić information content (AvgIpc) is 1.95. The lowest BCUT2D eigenvalue weighted by Crippen LogP contribution is -2.27. The Morgan fingerprint density at radius 2 is 2.08 bits per heavy atom. The standard InChI is InChI=1S/C8H14O5/c1-5-6(8(2,3)4)11-13-12-7(9)10/h5-6H,1H2,2-4H3,(H,9,10). The second-order valence-electron chi connectivity index (χ2n) is 3.54. The van der Waals surface area contributed by atoms with Crippen LogP contribution in [0.1, 0.15) is 20.8 Å². The Labute approximate surface area is 76.8 Å². The zero-order valence-electron chi connectivity index (χ0n) is 7.94. The van der Waals surface area contributed by atoms with Crippen LogP contribution in [0.25, 0.3) is 0 Å².